The van der Waals surface area contributed by atoms with Gasteiger partial charge < -0.3 is 15.6 Å². The molecule has 0 fully saturated rings. The van der Waals surface area contributed by atoms with Gasteiger partial charge in [0.15, 0.2) is 0 Å². The van der Waals surface area contributed by atoms with Crippen molar-refractivity contribution >= 4 is 28.6 Å². The second-order valence-corrected chi connectivity index (χ2v) is 5.87. The molecule has 2 rings (SSSR count). The zero-order chi connectivity index (χ0) is 17.7. The SMILES string of the molecule is COc1ccc(N(c2ccc(C[C@H](N)C(=O)O)cc2)S(=O)O)cc1. The van der Waals surface area contributed by atoms with E-state index in [2.05, 4.69) is 0 Å². The summed E-state index contributed by atoms with van der Waals surface area (Å²) < 4.78 is 27.6. The van der Waals surface area contributed by atoms with Crippen LogP contribution in [-0.4, -0.2) is 33.0 Å². The van der Waals surface area contributed by atoms with Gasteiger partial charge in [-0.25, -0.2) is 8.51 Å². The quantitative estimate of drug-likeness (QED) is 0.658. The third-order valence-corrected chi connectivity index (χ3v) is 4.14. The van der Waals surface area contributed by atoms with Crippen LogP contribution >= 0.6 is 0 Å². The summed E-state index contributed by atoms with van der Waals surface area (Å²) in [6, 6.07) is 12.4. The summed E-state index contributed by atoms with van der Waals surface area (Å²) in [6.45, 7) is 0. The Balaban J connectivity index is 2.24. The molecule has 0 saturated heterocycles. The summed E-state index contributed by atoms with van der Waals surface area (Å²) >= 11 is -2.26. The van der Waals surface area contributed by atoms with Gasteiger partial charge in [-0.2, -0.15) is 0 Å². The first-order chi connectivity index (χ1) is 11.4. The molecule has 0 saturated carbocycles. The molecular formula is C16H18N2O5S. The lowest BCUT2D eigenvalue weighted by Gasteiger charge is -2.20. The third kappa shape index (κ3) is 4.31. The Kier molecular flexibility index (Phi) is 5.91. The molecule has 0 radical (unpaired) electrons. The van der Waals surface area contributed by atoms with Crippen molar-refractivity contribution in [2.24, 2.45) is 5.73 Å². The van der Waals surface area contributed by atoms with Crippen LogP contribution in [0.5, 0.6) is 5.75 Å². The minimum atomic E-state index is -2.26. The lowest BCUT2D eigenvalue weighted by molar-refractivity contribution is -0.138. The number of carbonyl (C=O) groups is 1. The molecule has 8 heteroatoms. The minimum absolute atomic E-state index is 0.181. The van der Waals surface area contributed by atoms with Gasteiger partial charge in [-0.15, -0.1) is 0 Å². The molecule has 2 aromatic rings. The maximum absolute atomic E-state index is 11.7. The average molecular weight is 350 g/mol. The summed E-state index contributed by atoms with van der Waals surface area (Å²) in [5, 5.41) is 8.83. The molecule has 128 valence electrons. The highest BCUT2D eigenvalue weighted by Gasteiger charge is 2.16. The number of anilines is 2. The number of nitrogens with two attached hydrogens (primary N) is 1. The van der Waals surface area contributed by atoms with Gasteiger partial charge >= 0.3 is 5.97 Å². The van der Waals surface area contributed by atoms with E-state index in [0.29, 0.717) is 17.1 Å². The predicted molar refractivity (Wildman–Crippen MR) is 91.7 cm³/mol. The maximum Gasteiger partial charge on any atom is 0.320 e. The van der Waals surface area contributed by atoms with E-state index in [-0.39, 0.29) is 6.42 Å². The van der Waals surface area contributed by atoms with E-state index in [1.54, 1.807) is 48.5 Å². The molecule has 0 aliphatic carbocycles. The van der Waals surface area contributed by atoms with Gasteiger partial charge in [-0.1, -0.05) is 12.1 Å². The molecule has 24 heavy (non-hydrogen) atoms. The second-order valence-electron chi connectivity index (χ2n) is 5.04. The Bertz CT molecular complexity index is 718. The van der Waals surface area contributed by atoms with Crippen molar-refractivity contribution in [1.29, 1.82) is 0 Å². The van der Waals surface area contributed by atoms with Crippen LogP contribution in [0.25, 0.3) is 0 Å². The summed E-state index contributed by atoms with van der Waals surface area (Å²) in [5.74, 6) is -0.434. The molecule has 0 spiro atoms. The molecule has 0 aliphatic rings. The zero-order valence-electron chi connectivity index (χ0n) is 13.0. The van der Waals surface area contributed by atoms with Crippen LogP contribution < -0.4 is 14.8 Å². The average Bonchev–Trinajstić information content (AvgIpc) is 2.57. The van der Waals surface area contributed by atoms with E-state index in [0.717, 1.165) is 5.56 Å². The zero-order valence-corrected chi connectivity index (χ0v) is 13.8. The number of carboxylic acids is 1. The lowest BCUT2D eigenvalue weighted by Crippen LogP contribution is -2.32. The lowest BCUT2D eigenvalue weighted by atomic mass is 10.1. The topological polar surface area (TPSA) is 113 Å². The highest BCUT2D eigenvalue weighted by molar-refractivity contribution is 7.81. The molecule has 0 heterocycles. The molecule has 1 unspecified atom stereocenters. The molecule has 0 amide bonds. The first-order valence-corrected chi connectivity index (χ1v) is 8.11. The molecule has 0 aromatic heterocycles. The number of nitrogens with zero attached hydrogens (tertiary/aromatic N) is 1. The number of hydrogen-bond acceptors (Lipinski definition) is 4. The van der Waals surface area contributed by atoms with Gasteiger partial charge in [0.1, 0.15) is 11.8 Å². The van der Waals surface area contributed by atoms with Gasteiger partial charge in [0.05, 0.1) is 18.5 Å². The molecular weight excluding hydrogens is 332 g/mol. The second kappa shape index (κ2) is 7.91. The first kappa shape index (κ1) is 17.9. The standard InChI is InChI=1S/C16H18N2O5S/c1-23-14-8-6-13(7-9-14)18(24(21)22)12-4-2-11(3-5-12)10-15(17)16(19)20/h2-9,15H,10,17H2,1H3,(H,19,20)(H,21,22)/t15-/m0/s1. The first-order valence-electron chi connectivity index (χ1n) is 7.05. The summed E-state index contributed by atoms with van der Waals surface area (Å²) in [7, 11) is 1.54. The highest BCUT2D eigenvalue weighted by Crippen LogP contribution is 2.28. The molecule has 0 aliphatic heterocycles. The van der Waals surface area contributed by atoms with Crippen molar-refractivity contribution < 1.29 is 23.4 Å². The number of ether oxygens (including phenoxy) is 1. The Morgan fingerprint density at radius 3 is 2.08 bits per heavy atom. The smallest absolute Gasteiger partial charge is 0.320 e. The van der Waals surface area contributed by atoms with Crippen molar-refractivity contribution in [3.63, 3.8) is 0 Å². The van der Waals surface area contributed by atoms with Crippen LogP contribution in [0.3, 0.4) is 0 Å². The third-order valence-electron chi connectivity index (χ3n) is 3.41. The van der Waals surface area contributed by atoms with Gasteiger partial charge in [0, 0.05) is 0 Å². The van der Waals surface area contributed by atoms with E-state index in [1.807, 2.05) is 0 Å². The number of rotatable bonds is 7. The molecule has 2 atom stereocenters. The Morgan fingerprint density at radius 2 is 1.67 bits per heavy atom. The van der Waals surface area contributed by atoms with Crippen molar-refractivity contribution in [2.75, 3.05) is 11.4 Å². The van der Waals surface area contributed by atoms with E-state index in [9.17, 15) is 13.6 Å². The summed E-state index contributed by atoms with van der Waals surface area (Å²) in [4.78, 5) is 10.8. The number of carboxylic acid groups (broad SMARTS) is 1. The molecule has 7 nitrogen and oxygen atoms in total. The van der Waals surface area contributed by atoms with Crippen molar-refractivity contribution in [2.45, 2.75) is 12.5 Å². The van der Waals surface area contributed by atoms with Crippen LogP contribution in [0, 0.1) is 0 Å². The molecule has 2 aromatic carbocycles. The van der Waals surface area contributed by atoms with Gasteiger partial charge in [0.25, 0.3) is 11.3 Å². The largest absolute Gasteiger partial charge is 0.497 e. The van der Waals surface area contributed by atoms with Crippen molar-refractivity contribution in [3.8, 4) is 5.75 Å². The Labute approximate surface area is 142 Å². The fourth-order valence-electron chi connectivity index (χ4n) is 2.16. The normalized spacial score (nSPS) is 13.1. The Morgan fingerprint density at radius 1 is 1.17 bits per heavy atom. The van der Waals surface area contributed by atoms with Gasteiger partial charge in [-0.05, 0) is 48.4 Å². The van der Waals surface area contributed by atoms with E-state index < -0.39 is 23.3 Å². The highest BCUT2D eigenvalue weighted by atomic mass is 32.2. The van der Waals surface area contributed by atoms with Crippen LogP contribution in [0.1, 0.15) is 5.56 Å². The van der Waals surface area contributed by atoms with E-state index >= 15 is 0 Å². The van der Waals surface area contributed by atoms with Gasteiger partial charge in [0.2, 0.25) is 0 Å². The number of methoxy groups -OCH3 is 1. The van der Waals surface area contributed by atoms with Gasteiger partial charge in [-0.3, -0.25) is 9.35 Å². The monoisotopic (exact) mass is 350 g/mol. The van der Waals surface area contributed by atoms with Crippen LogP contribution in [0.2, 0.25) is 0 Å². The Hall–Kier alpha value is -2.42. The predicted octanol–water partition coefficient (Wildman–Crippen LogP) is 1.92. The van der Waals surface area contributed by atoms with Crippen LogP contribution in [-0.2, 0) is 22.5 Å². The van der Waals surface area contributed by atoms with Crippen molar-refractivity contribution in [3.05, 3.63) is 54.1 Å². The number of benzene rings is 2. The summed E-state index contributed by atoms with van der Waals surface area (Å²) in [6.07, 6.45) is 0.181. The van der Waals surface area contributed by atoms with E-state index in [4.69, 9.17) is 15.6 Å². The van der Waals surface area contributed by atoms with Crippen molar-refractivity contribution in [1.82, 2.24) is 0 Å². The summed E-state index contributed by atoms with van der Waals surface area (Å²) in [5.41, 5.74) is 7.25. The molecule has 4 N–H and O–H groups in total. The fourth-order valence-corrected chi connectivity index (χ4v) is 2.76. The van der Waals surface area contributed by atoms with Crippen LogP contribution in [0.4, 0.5) is 11.4 Å². The number of hydrogen-bond donors (Lipinski definition) is 3. The number of aliphatic carboxylic acids is 1. The minimum Gasteiger partial charge on any atom is -0.497 e. The van der Waals surface area contributed by atoms with E-state index in [1.165, 1.54) is 11.4 Å². The van der Waals surface area contributed by atoms with Crippen LogP contribution in [0.15, 0.2) is 48.5 Å². The molecule has 0 bridgehead atoms. The fraction of sp³-hybridized carbons (Fsp3) is 0.188. The maximum atomic E-state index is 11.7.